The van der Waals surface area contributed by atoms with Crippen LogP contribution in [-0.2, 0) is 14.0 Å². The van der Waals surface area contributed by atoms with Crippen molar-refractivity contribution in [3.8, 4) is 0 Å². The summed E-state index contributed by atoms with van der Waals surface area (Å²) in [5.74, 6) is -0.0435. The highest BCUT2D eigenvalue weighted by Crippen LogP contribution is 2.37. The second-order valence-corrected chi connectivity index (χ2v) is 11.6. The van der Waals surface area contributed by atoms with E-state index < -0.39 is 23.9 Å². The third-order valence-electron chi connectivity index (χ3n) is 7.23. The van der Waals surface area contributed by atoms with Crippen molar-refractivity contribution in [1.29, 1.82) is 0 Å². The highest BCUT2D eigenvalue weighted by molar-refractivity contribution is 6.65. The Bertz CT molecular complexity index is 1120. The Morgan fingerprint density at radius 1 is 0.971 bits per heavy atom. The van der Waals surface area contributed by atoms with E-state index in [1.54, 1.807) is 4.90 Å². The summed E-state index contributed by atoms with van der Waals surface area (Å²) in [5, 5.41) is 1.81. The lowest BCUT2D eigenvalue weighted by atomic mass is 9.75. The number of hydrogen-bond acceptors (Lipinski definition) is 5. The minimum Gasteiger partial charge on any atom is -0.444 e. The Morgan fingerprint density at radius 3 is 2.17 bits per heavy atom. The molecule has 0 bridgehead atoms. The lowest BCUT2D eigenvalue weighted by Crippen LogP contribution is -2.56. The van der Waals surface area contributed by atoms with Gasteiger partial charge < -0.3 is 23.8 Å². The second-order valence-electron chi connectivity index (χ2n) is 11.6. The normalized spacial score (nSPS) is 21.9. The van der Waals surface area contributed by atoms with Gasteiger partial charge in [-0.25, -0.2) is 4.79 Å². The monoisotopic (exact) mass is 480 g/mol. The van der Waals surface area contributed by atoms with E-state index in [9.17, 15) is 9.59 Å². The van der Waals surface area contributed by atoms with Gasteiger partial charge in [-0.3, -0.25) is 4.79 Å². The Hall–Kier alpha value is -2.58. The summed E-state index contributed by atoms with van der Waals surface area (Å²) in [6.07, 6.45) is -0.339. The number of hydrogen-bond donors (Lipinski definition) is 0. The van der Waals surface area contributed by atoms with Gasteiger partial charge in [0.15, 0.2) is 0 Å². The Morgan fingerprint density at radius 2 is 1.57 bits per heavy atom. The van der Waals surface area contributed by atoms with Crippen LogP contribution in [0.5, 0.6) is 0 Å². The molecule has 2 aromatic rings. The molecule has 1 unspecified atom stereocenters. The van der Waals surface area contributed by atoms with Crippen molar-refractivity contribution in [2.24, 2.45) is 0 Å². The van der Waals surface area contributed by atoms with Crippen molar-refractivity contribution < 1.29 is 23.6 Å². The third kappa shape index (κ3) is 4.91. The average molecular weight is 480 g/mol. The maximum Gasteiger partial charge on any atom is 0.495 e. The van der Waals surface area contributed by atoms with Crippen molar-refractivity contribution >= 4 is 35.4 Å². The maximum atomic E-state index is 13.7. The maximum absolute atomic E-state index is 13.7. The van der Waals surface area contributed by atoms with E-state index in [4.69, 9.17) is 14.0 Å². The van der Waals surface area contributed by atoms with Crippen LogP contribution in [0.4, 0.5) is 4.79 Å². The molecule has 7 nitrogen and oxygen atoms in total. The SMILES string of the molecule is CC1CN(C(=O)OC(C)(C)C)CCN1C(=O)c1cccc2c(B3OC(C)(C)C(C)(C)O3)cccc12. The van der Waals surface area contributed by atoms with E-state index in [1.165, 1.54) is 0 Å². The van der Waals surface area contributed by atoms with Gasteiger partial charge in [-0.05, 0) is 77.7 Å². The van der Waals surface area contributed by atoms with E-state index >= 15 is 0 Å². The minimum atomic E-state index is -0.550. The highest BCUT2D eigenvalue weighted by atomic mass is 16.7. The molecule has 2 saturated heterocycles. The number of rotatable bonds is 2. The van der Waals surface area contributed by atoms with Crippen LogP contribution in [-0.4, -0.2) is 71.4 Å². The molecule has 188 valence electrons. The zero-order chi connectivity index (χ0) is 25.8. The standard InChI is InChI=1S/C27H37BN2O5/c1-18-17-29(24(32)33-25(2,3)4)15-16-30(18)23(31)21-13-9-12-20-19(21)11-10-14-22(20)28-34-26(5,6)27(7,8)35-28/h9-14,18H,15-17H2,1-8H3. The molecule has 35 heavy (non-hydrogen) atoms. The molecule has 0 saturated carbocycles. The molecule has 0 radical (unpaired) electrons. The quantitative estimate of drug-likeness (QED) is 0.603. The molecule has 2 aliphatic heterocycles. The molecule has 0 aromatic heterocycles. The summed E-state index contributed by atoms with van der Waals surface area (Å²) in [7, 11) is -0.509. The number of carbonyl (C=O) groups excluding carboxylic acids is 2. The molecule has 0 spiro atoms. The Labute approximate surface area is 208 Å². The fraction of sp³-hybridized carbons (Fsp3) is 0.556. The summed E-state index contributed by atoms with van der Waals surface area (Å²) in [4.78, 5) is 29.7. The number of ether oxygens (including phenoxy) is 1. The van der Waals surface area contributed by atoms with Crippen LogP contribution < -0.4 is 5.46 Å². The number of carbonyl (C=O) groups is 2. The van der Waals surface area contributed by atoms with Crippen LogP contribution in [0.2, 0.25) is 0 Å². The van der Waals surface area contributed by atoms with Gasteiger partial charge in [0.05, 0.1) is 11.2 Å². The largest absolute Gasteiger partial charge is 0.495 e. The van der Waals surface area contributed by atoms with Crippen molar-refractivity contribution in [2.75, 3.05) is 19.6 Å². The summed E-state index contributed by atoms with van der Waals surface area (Å²) in [6, 6.07) is 11.6. The van der Waals surface area contributed by atoms with E-state index in [-0.39, 0.29) is 18.0 Å². The zero-order valence-electron chi connectivity index (χ0n) is 22.2. The van der Waals surface area contributed by atoms with Crippen molar-refractivity contribution in [1.82, 2.24) is 9.80 Å². The molecule has 4 rings (SSSR count). The van der Waals surface area contributed by atoms with Gasteiger partial charge in [0.25, 0.3) is 5.91 Å². The lowest BCUT2D eigenvalue weighted by Gasteiger charge is -2.40. The van der Waals surface area contributed by atoms with Crippen LogP contribution >= 0.6 is 0 Å². The van der Waals surface area contributed by atoms with E-state index in [2.05, 4.69) is 0 Å². The molecular formula is C27H37BN2O5. The van der Waals surface area contributed by atoms with Gasteiger partial charge in [-0.2, -0.15) is 0 Å². The number of nitrogens with zero attached hydrogens (tertiary/aromatic N) is 2. The van der Waals surface area contributed by atoms with Gasteiger partial charge in [0.2, 0.25) is 0 Å². The smallest absolute Gasteiger partial charge is 0.444 e. The third-order valence-corrected chi connectivity index (χ3v) is 7.23. The fourth-order valence-electron chi connectivity index (χ4n) is 4.60. The van der Waals surface area contributed by atoms with Gasteiger partial charge in [0.1, 0.15) is 5.60 Å². The van der Waals surface area contributed by atoms with Gasteiger partial charge >= 0.3 is 13.2 Å². The average Bonchev–Trinajstić information content (AvgIpc) is 2.98. The number of piperazine rings is 1. The number of fused-ring (bicyclic) bond motifs is 1. The van der Waals surface area contributed by atoms with Crippen LogP contribution in [0.15, 0.2) is 36.4 Å². The topological polar surface area (TPSA) is 68.3 Å². The van der Waals surface area contributed by atoms with Gasteiger partial charge in [0, 0.05) is 31.2 Å². The molecule has 0 aliphatic carbocycles. The molecule has 0 N–H and O–H groups in total. The summed E-state index contributed by atoms with van der Waals surface area (Å²) in [6.45, 7) is 17.0. The first-order valence-corrected chi connectivity index (χ1v) is 12.4. The molecule has 1 atom stereocenters. The molecular weight excluding hydrogens is 443 g/mol. The molecule has 2 aliphatic rings. The van der Waals surface area contributed by atoms with Crippen molar-refractivity contribution in [3.63, 3.8) is 0 Å². The van der Waals surface area contributed by atoms with Crippen molar-refractivity contribution in [2.45, 2.75) is 78.2 Å². The molecule has 2 fully saturated rings. The minimum absolute atomic E-state index is 0.0435. The first-order chi connectivity index (χ1) is 16.2. The van der Waals surface area contributed by atoms with Crippen LogP contribution in [0.25, 0.3) is 10.8 Å². The first kappa shape index (κ1) is 25.5. The predicted octanol–water partition coefficient (Wildman–Crippen LogP) is 4.22. The van der Waals surface area contributed by atoms with Crippen LogP contribution in [0.1, 0.15) is 65.7 Å². The molecule has 8 heteroatoms. The highest BCUT2D eigenvalue weighted by Gasteiger charge is 2.52. The van der Waals surface area contributed by atoms with E-state index in [0.717, 1.165) is 16.2 Å². The summed E-state index contributed by atoms with van der Waals surface area (Å²) < 4.78 is 18.1. The van der Waals surface area contributed by atoms with Crippen LogP contribution in [0, 0.1) is 0 Å². The van der Waals surface area contributed by atoms with Gasteiger partial charge in [-0.15, -0.1) is 0 Å². The van der Waals surface area contributed by atoms with Gasteiger partial charge in [-0.1, -0.05) is 30.3 Å². The molecule has 2 amide bonds. The zero-order valence-corrected chi connectivity index (χ0v) is 22.2. The lowest BCUT2D eigenvalue weighted by molar-refractivity contribution is 0.00578. The van der Waals surface area contributed by atoms with Crippen LogP contribution in [0.3, 0.4) is 0 Å². The predicted molar refractivity (Wildman–Crippen MR) is 138 cm³/mol. The number of benzene rings is 2. The number of amides is 2. The second kappa shape index (κ2) is 8.82. The Balaban J connectivity index is 1.58. The van der Waals surface area contributed by atoms with E-state index in [1.807, 2.05) is 96.7 Å². The fourth-order valence-corrected chi connectivity index (χ4v) is 4.60. The molecule has 2 aromatic carbocycles. The Kier molecular flexibility index (Phi) is 6.43. The summed E-state index contributed by atoms with van der Waals surface area (Å²) >= 11 is 0. The van der Waals surface area contributed by atoms with E-state index in [0.29, 0.717) is 25.2 Å². The van der Waals surface area contributed by atoms with Crippen molar-refractivity contribution in [3.05, 3.63) is 42.0 Å². The summed E-state index contributed by atoms with van der Waals surface area (Å²) in [5.41, 5.74) is 0.106. The first-order valence-electron chi connectivity index (χ1n) is 12.4. The molecule has 2 heterocycles.